The normalized spacial score (nSPS) is 13.3. The van der Waals surface area contributed by atoms with E-state index in [1.54, 1.807) is 6.92 Å². The molecule has 4 nitrogen and oxygen atoms in total. The van der Waals surface area contributed by atoms with Crippen molar-refractivity contribution < 1.29 is 14.6 Å². The number of rotatable bonds is 7. The predicted molar refractivity (Wildman–Crippen MR) is 89.9 cm³/mol. The Hall–Kier alpha value is -2.17. The fourth-order valence-corrected chi connectivity index (χ4v) is 2.42. The van der Waals surface area contributed by atoms with Crippen LogP contribution in [0.5, 0.6) is 0 Å². The van der Waals surface area contributed by atoms with E-state index in [-0.39, 0.29) is 12.4 Å². The van der Waals surface area contributed by atoms with Gasteiger partial charge in [0.1, 0.15) is 5.72 Å². The van der Waals surface area contributed by atoms with Crippen LogP contribution in [-0.2, 0) is 28.1 Å². The van der Waals surface area contributed by atoms with Crippen molar-refractivity contribution in [3.05, 3.63) is 71.3 Å². The lowest BCUT2D eigenvalue weighted by Gasteiger charge is -2.26. The summed E-state index contributed by atoms with van der Waals surface area (Å²) in [6.07, 6.45) is 1.03. The monoisotopic (exact) mass is 313 g/mol. The molecule has 0 amide bonds. The van der Waals surface area contributed by atoms with Gasteiger partial charge in [-0.1, -0.05) is 54.6 Å². The minimum atomic E-state index is -1.15. The molecule has 0 saturated heterocycles. The molecule has 0 aliphatic rings. The Labute approximate surface area is 137 Å². The summed E-state index contributed by atoms with van der Waals surface area (Å²) in [7, 11) is 1.37. The number of benzene rings is 2. The zero-order valence-corrected chi connectivity index (χ0v) is 13.6. The van der Waals surface area contributed by atoms with Crippen LogP contribution >= 0.6 is 0 Å². The smallest absolute Gasteiger partial charge is 0.309 e. The summed E-state index contributed by atoms with van der Waals surface area (Å²) < 4.78 is 4.68. The molecule has 0 aliphatic carbocycles. The number of methoxy groups -OCH3 is 1. The molecule has 0 bridgehead atoms. The van der Waals surface area contributed by atoms with E-state index in [1.165, 1.54) is 12.7 Å². The summed E-state index contributed by atoms with van der Waals surface area (Å²) in [6.45, 7) is 2.37. The molecule has 0 aromatic heterocycles. The van der Waals surface area contributed by atoms with Gasteiger partial charge in [0.25, 0.3) is 0 Å². The first-order valence-electron chi connectivity index (χ1n) is 7.69. The highest BCUT2D eigenvalue weighted by Crippen LogP contribution is 2.19. The third-order valence-corrected chi connectivity index (χ3v) is 3.79. The molecule has 0 heterocycles. The Morgan fingerprint density at radius 3 is 2.52 bits per heavy atom. The third-order valence-electron chi connectivity index (χ3n) is 3.79. The van der Waals surface area contributed by atoms with Crippen LogP contribution in [0.3, 0.4) is 0 Å². The predicted octanol–water partition coefficient (Wildman–Crippen LogP) is 2.40. The van der Waals surface area contributed by atoms with Crippen molar-refractivity contribution in [1.29, 1.82) is 0 Å². The van der Waals surface area contributed by atoms with Gasteiger partial charge in [0, 0.05) is 6.54 Å². The van der Waals surface area contributed by atoms with Gasteiger partial charge in [0.15, 0.2) is 0 Å². The topological polar surface area (TPSA) is 58.6 Å². The van der Waals surface area contributed by atoms with Crippen LogP contribution in [0.2, 0.25) is 0 Å². The highest BCUT2D eigenvalue weighted by molar-refractivity contribution is 5.72. The molecule has 0 radical (unpaired) electrons. The minimum absolute atomic E-state index is 0.199. The lowest BCUT2D eigenvalue weighted by molar-refractivity contribution is -0.139. The number of hydrogen-bond donors (Lipinski definition) is 2. The molecule has 0 saturated carbocycles. The van der Waals surface area contributed by atoms with Crippen molar-refractivity contribution >= 4 is 5.97 Å². The Morgan fingerprint density at radius 2 is 1.83 bits per heavy atom. The summed E-state index contributed by atoms with van der Waals surface area (Å²) in [5, 5.41) is 13.8. The van der Waals surface area contributed by atoms with Crippen LogP contribution in [0.25, 0.3) is 0 Å². The molecule has 2 N–H and O–H groups in total. The number of hydrogen-bond acceptors (Lipinski definition) is 4. The second-order valence-electron chi connectivity index (χ2n) is 5.69. The van der Waals surface area contributed by atoms with Gasteiger partial charge in [-0.15, -0.1) is 0 Å². The summed E-state index contributed by atoms with van der Waals surface area (Å²) in [4.78, 5) is 11.4. The number of nitrogens with one attached hydrogen (secondary N) is 1. The molecule has 2 aromatic rings. The third kappa shape index (κ3) is 5.20. The highest BCUT2D eigenvalue weighted by atomic mass is 16.5. The first-order chi connectivity index (χ1) is 11.0. The number of aliphatic hydroxyl groups is 1. The standard InChI is InChI=1S/C19H23NO3/c1-19(22,20-12-11-15-7-4-3-5-8-15)17-10-6-9-16(13-17)14-18(21)23-2/h3-10,13,20,22H,11-12,14H2,1-2H3. The zero-order chi connectivity index (χ0) is 16.7. The molecular formula is C19H23NO3. The number of ether oxygens (including phenoxy) is 1. The summed E-state index contributed by atoms with van der Waals surface area (Å²) in [5.74, 6) is -0.293. The van der Waals surface area contributed by atoms with Gasteiger partial charge < -0.3 is 9.84 Å². The maximum Gasteiger partial charge on any atom is 0.309 e. The molecule has 2 aromatic carbocycles. The molecular weight excluding hydrogens is 290 g/mol. The molecule has 2 rings (SSSR count). The van der Waals surface area contributed by atoms with Gasteiger partial charge >= 0.3 is 5.97 Å². The van der Waals surface area contributed by atoms with E-state index in [4.69, 9.17) is 0 Å². The van der Waals surface area contributed by atoms with E-state index in [9.17, 15) is 9.90 Å². The van der Waals surface area contributed by atoms with Gasteiger partial charge in [-0.2, -0.15) is 0 Å². The number of esters is 1. The van der Waals surface area contributed by atoms with Crippen LogP contribution in [0, 0.1) is 0 Å². The molecule has 4 heteroatoms. The Morgan fingerprint density at radius 1 is 1.13 bits per heavy atom. The zero-order valence-electron chi connectivity index (χ0n) is 13.6. The average molecular weight is 313 g/mol. The van der Waals surface area contributed by atoms with E-state index in [0.717, 1.165) is 17.5 Å². The molecule has 0 aliphatic heterocycles. The highest BCUT2D eigenvalue weighted by Gasteiger charge is 2.22. The SMILES string of the molecule is COC(=O)Cc1cccc(C(C)(O)NCCc2ccccc2)c1. The number of carbonyl (C=O) groups excluding carboxylic acids is 1. The molecule has 122 valence electrons. The first-order valence-corrected chi connectivity index (χ1v) is 7.69. The minimum Gasteiger partial charge on any atom is -0.469 e. The lowest BCUT2D eigenvalue weighted by atomic mass is 10.00. The molecule has 0 fully saturated rings. The van der Waals surface area contributed by atoms with Crippen molar-refractivity contribution in [2.24, 2.45) is 0 Å². The maximum absolute atomic E-state index is 11.4. The van der Waals surface area contributed by atoms with Gasteiger partial charge in [0.2, 0.25) is 0 Å². The fourth-order valence-electron chi connectivity index (χ4n) is 2.42. The second kappa shape index (κ2) is 7.90. The van der Waals surface area contributed by atoms with Crippen LogP contribution in [-0.4, -0.2) is 24.7 Å². The van der Waals surface area contributed by atoms with Gasteiger partial charge in [-0.25, -0.2) is 0 Å². The quantitative estimate of drug-likeness (QED) is 0.609. The van der Waals surface area contributed by atoms with Gasteiger partial charge in [-0.3, -0.25) is 10.1 Å². The Balaban J connectivity index is 1.98. The second-order valence-corrected chi connectivity index (χ2v) is 5.69. The fraction of sp³-hybridized carbons (Fsp3) is 0.316. The molecule has 23 heavy (non-hydrogen) atoms. The largest absolute Gasteiger partial charge is 0.469 e. The van der Waals surface area contributed by atoms with Crippen LogP contribution < -0.4 is 5.32 Å². The van der Waals surface area contributed by atoms with Crippen molar-refractivity contribution in [2.45, 2.75) is 25.5 Å². The van der Waals surface area contributed by atoms with E-state index >= 15 is 0 Å². The van der Waals surface area contributed by atoms with Crippen LogP contribution in [0.1, 0.15) is 23.6 Å². The van der Waals surface area contributed by atoms with Gasteiger partial charge in [-0.05, 0) is 30.0 Å². The van der Waals surface area contributed by atoms with Crippen molar-refractivity contribution in [3.8, 4) is 0 Å². The lowest BCUT2D eigenvalue weighted by Crippen LogP contribution is -2.40. The van der Waals surface area contributed by atoms with Crippen molar-refractivity contribution in [3.63, 3.8) is 0 Å². The number of carbonyl (C=O) groups is 1. The first kappa shape index (κ1) is 17.2. The van der Waals surface area contributed by atoms with Crippen molar-refractivity contribution in [1.82, 2.24) is 5.32 Å². The maximum atomic E-state index is 11.4. The molecule has 1 atom stereocenters. The van der Waals surface area contributed by atoms with Crippen LogP contribution in [0.15, 0.2) is 54.6 Å². The Bertz CT molecular complexity index is 638. The van der Waals surface area contributed by atoms with Crippen molar-refractivity contribution in [2.75, 3.05) is 13.7 Å². The summed E-state index contributed by atoms with van der Waals surface area (Å²) in [5.41, 5.74) is 1.61. The summed E-state index contributed by atoms with van der Waals surface area (Å²) in [6, 6.07) is 17.5. The van der Waals surface area contributed by atoms with E-state index < -0.39 is 5.72 Å². The van der Waals surface area contributed by atoms with Gasteiger partial charge in [0.05, 0.1) is 13.5 Å². The van der Waals surface area contributed by atoms with E-state index in [2.05, 4.69) is 22.2 Å². The Kier molecular flexibility index (Phi) is 5.90. The van der Waals surface area contributed by atoms with Crippen LogP contribution in [0.4, 0.5) is 0 Å². The molecule has 0 spiro atoms. The van der Waals surface area contributed by atoms with E-state index in [0.29, 0.717) is 6.54 Å². The summed E-state index contributed by atoms with van der Waals surface area (Å²) >= 11 is 0. The van der Waals surface area contributed by atoms with E-state index in [1.807, 2.05) is 42.5 Å². The molecule has 1 unspecified atom stereocenters. The average Bonchev–Trinajstić information content (AvgIpc) is 2.56.